The number of hydrogen-bond acceptors (Lipinski definition) is 3. The van der Waals surface area contributed by atoms with E-state index in [1.807, 2.05) is 48.5 Å². The lowest BCUT2D eigenvalue weighted by Crippen LogP contribution is -1.98. The molecule has 0 unspecified atom stereocenters. The Morgan fingerprint density at radius 2 is 1.85 bits per heavy atom. The smallest absolute Gasteiger partial charge is 0.132 e. The number of phenolic OH excluding ortho intramolecular Hbond substituents is 2. The summed E-state index contributed by atoms with van der Waals surface area (Å²) >= 11 is 0. The second-order valence-corrected chi connectivity index (χ2v) is 6.36. The summed E-state index contributed by atoms with van der Waals surface area (Å²) in [6.07, 6.45) is 5.77. The van der Waals surface area contributed by atoms with Crippen LogP contribution in [0, 0.1) is 11.8 Å². The van der Waals surface area contributed by atoms with E-state index in [1.54, 1.807) is 29.4 Å². The minimum absolute atomic E-state index is 0.0663. The van der Waals surface area contributed by atoms with Gasteiger partial charge in [-0.2, -0.15) is 0 Å². The Labute approximate surface area is 157 Å². The van der Waals surface area contributed by atoms with Gasteiger partial charge in [-0.15, -0.1) is 0 Å². The fraction of sp³-hybridized carbons (Fsp3) is 0.0870. The maximum absolute atomic E-state index is 10.7. The summed E-state index contributed by atoms with van der Waals surface area (Å²) in [5.74, 6) is 6.47. The van der Waals surface area contributed by atoms with Crippen molar-refractivity contribution in [2.24, 2.45) is 0 Å². The molecule has 0 aliphatic heterocycles. The van der Waals surface area contributed by atoms with Crippen LogP contribution in [0.5, 0.6) is 11.5 Å². The van der Waals surface area contributed by atoms with Gasteiger partial charge in [-0.3, -0.25) is 0 Å². The molecule has 4 rings (SSSR count). The molecule has 2 N–H and O–H groups in total. The molecule has 4 heteroatoms. The molecule has 3 aromatic carbocycles. The Balaban J connectivity index is 1.67. The van der Waals surface area contributed by atoms with Gasteiger partial charge in [0.25, 0.3) is 0 Å². The second-order valence-electron chi connectivity index (χ2n) is 6.36. The molecule has 0 spiro atoms. The van der Waals surface area contributed by atoms with E-state index in [2.05, 4.69) is 16.8 Å². The molecule has 1 aromatic heterocycles. The lowest BCUT2D eigenvalue weighted by Gasteiger charge is -2.11. The van der Waals surface area contributed by atoms with Crippen LogP contribution in [0.3, 0.4) is 0 Å². The number of aromatic nitrogens is 2. The van der Waals surface area contributed by atoms with Crippen LogP contribution in [-0.2, 0) is 13.0 Å². The van der Waals surface area contributed by atoms with Crippen molar-refractivity contribution in [3.05, 3.63) is 90.0 Å². The minimum Gasteiger partial charge on any atom is -0.507 e. The van der Waals surface area contributed by atoms with Gasteiger partial charge in [0.2, 0.25) is 0 Å². The van der Waals surface area contributed by atoms with E-state index in [9.17, 15) is 10.2 Å². The van der Waals surface area contributed by atoms with Gasteiger partial charge in [-0.05, 0) is 29.1 Å². The molecule has 27 heavy (non-hydrogen) atoms. The standard InChI is InChI=1S/C23H18N2O2/c26-22-14-19-10-9-18(8-4-7-17-5-2-1-3-6-17)13-20(19)23(27)21(22)15-25-12-11-24-16-25/h1-3,5-6,9-14,16,26-27H,7,15H2. The van der Waals surface area contributed by atoms with Crippen LogP contribution in [0.15, 0.2) is 73.3 Å². The zero-order valence-electron chi connectivity index (χ0n) is 14.6. The summed E-state index contributed by atoms with van der Waals surface area (Å²) in [6, 6.07) is 17.4. The normalized spacial score (nSPS) is 10.5. The van der Waals surface area contributed by atoms with Crippen molar-refractivity contribution in [3.63, 3.8) is 0 Å². The molecule has 1 heterocycles. The molecule has 0 saturated carbocycles. The number of phenols is 2. The van der Waals surface area contributed by atoms with Gasteiger partial charge in [0.1, 0.15) is 11.5 Å². The van der Waals surface area contributed by atoms with Gasteiger partial charge in [-0.1, -0.05) is 48.2 Å². The third kappa shape index (κ3) is 3.63. The number of hydrogen-bond donors (Lipinski definition) is 2. The molecule has 0 saturated heterocycles. The average Bonchev–Trinajstić information content (AvgIpc) is 3.20. The molecule has 0 amide bonds. The van der Waals surface area contributed by atoms with Crippen molar-refractivity contribution in [1.82, 2.24) is 9.55 Å². The number of benzene rings is 3. The molecule has 0 atom stereocenters. The van der Waals surface area contributed by atoms with Crippen LogP contribution in [0.25, 0.3) is 10.8 Å². The van der Waals surface area contributed by atoms with Gasteiger partial charge in [-0.25, -0.2) is 4.98 Å². The summed E-state index contributed by atoms with van der Waals surface area (Å²) < 4.78 is 1.80. The van der Waals surface area contributed by atoms with Crippen molar-refractivity contribution >= 4 is 10.8 Å². The fourth-order valence-corrected chi connectivity index (χ4v) is 3.05. The Kier molecular flexibility index (Phi) is 4.51. The maximum atomic E-state index is 10.7. The van der Waals surface area contributed by atoms with E-state index in [0.29, 0.717) is 23.9 Å². The van der Waals surface area contributed by atoms with E-state index in [1.165, 1.54) is 5.56 Å². The number of imidazole rings is 1. The lowest BCUT2D eigenvalue weighted by molar-refractivity contribution is 0.439. The molecule has 0 aliphatic rings. The molecular formula is C23H18N2O2. The molecule has 0 bridgehead atoms. The fourth-order valence-electron chi connectivity index (χ4n) is 3.05. The molecule has 4 nitrogen and oxygen atoms in total. The van der Waals surface area contributed by atoms with Gasteiger partial charge < -0.3 is 14.8 Å². The first-order chi connectivity index (χ1) is 13.2. The molecule has 0 radical (unpaired) electrons. The Hall–Kier alpha value is -3.71. The summed E-state index contributed by atoms with van der Waals surface area (Å²) in [4.78, 5) is 3.99. The number of rotatable bonds is 3. The first-order valence-corrected chi connectivity index (χ1v) is 8.67. The zero-order valence-corrected chi connectivity index (χ0v) is 14.6. The van der Waals surface area contributed by atoms with E-state index in [0.717, 1.165) is 10.9 Å². The van der Waals surface area contributed by atoms with Gasteiger partial charge in [0.15, 0.2) is 0 Å². The highest BCUT2D eigenvalue weighted by Gasteiger charge is 2.13. The van der Waals surface area contributed by atoms with Crippen molar-refractivity contribution in [1.29, 1.82) is 0 Å². The minimum atomic E-state index is 0.0663. The van der Waals surface area contributed by atoms with Crippen LogP contribution >= 0.6 is 0 Å². The first kappa shape index (κ1) is 16.7. The van der Waals surface area contributed by atoms with Crippen molar-refractivity contribution in [3.8, 4) is 23.3 Å². The molecule has 0 aliphatic carbocycles. The monoisotopic (exact) mass is 354 g/mol. The molecule has 4 aromatic rings. The van der Waals surface area contributed by atoms with Crippen molar-refractivity contribution < 1.29 is 10.2 Å². The average molecular weight is 354 g/mol. The molecular weight excluding hydrogens is 336 g/mol. The highest BCUT2D eigenvalue weighted by molar-refractivity contribution is 5.92. The predicted molar refractivity (Wildman–Crippen MR) is 106 cm³/mol. The van der Waals surface area contributed by atoms with E-state index in [-0.39, 0.29) is 11.5 Å². The van der Waals surface area contributed by atoms with Crippen LogP contribution in [0.1, 0.15) is 16.7 Å². The highest BCUT2D eigenvalue weighted by atomic mass is 16.3. The number of fused-ring (bicyclic) bond motifs is 1. The van der Waals surface area contributed by atoms with Gasteiger partial charge in [0.05, 0.1) is 18.4 Å². The molecule has 0 fully saturated rings. The highest BCUT2D eigenvalue weighted by Crippen LogP contribution is 2.36. The van der Waals surface area contributed by atoms with Crippen LogP contribution in [0.4, 0.5) is 0 Å². The summed E-state index contributed by atoms with van der Waals surface area (Å²) in [7, 11) is 0. The van der Waals surface area contributed by atoms with Crippen LogP contribution in [-0.4, -0.2) is 19.8 Å². The Morgan fingerprint density at radius 1 is 1.00 bits per heavy atom. The maximum Gasteiger partial charge on any atom is 0.132 e. The molecule has 132 valence electrons. The largest absolute Gasteiger partial charge is 0.507 e. The first-order valence-electron chi connectivity index (χ1n) is 8.67. The Bertz CT molecular complexity index is 1140. The van der Waals surface area contributed by atoms with Crippen LogP contribution < -0.4 is 0 Å². The predicted octanol–water partition coefficient (Wildman–Crippen LogP) is 4.09. The van der Waals surface area contributed by atoms with Crippen LogP contribution in [0.2, 0.25) is 0 Å². The third-order valence-electron chi connectivity index (χ3n) is 4.46. The zero-order chi connectivity index (χ0) is 18.6. The van der Waals surface area contributed by atoms with Crippen molar-refractivity contribution in [2.45, 2.75) is 13.0 Å². The number of aromatic hydroxyl groups is 2. The van der Waals surface area contributed by atoms with Crippen molar-refractivity contribution in [2.75, 3.05) is 0 Å². The summed E-state index contributed by atoms with van der Waals surface area (Å²) in [5, 5.41) is 22.5. The summed E-state index contributed by atoms with van der Waals surface area (Å²) in [6.45, 7) is 0.345. The van der Waals surface area contributed by atoms with E-state index < -0.39 is 0 Å². The van der Waals surface area contributed by atoms with Gasteiger partial charge >= 0.3 is 0 Å². The summed E-state index contributed by atoms with van der Waals surface area (Å²) in [5.41, 5.74) is 2.46. The lowest BCUT2D eigenvalue weighted by atomic mass is 10.0. The number of nitrogens with zero attached hydrogens (tertiary/aromatic N) is 2. The van der Waals surface area contributed by atoms with E-state index >= 15 is 0 Å². The third-order valence-corrected chi connectivity index (χ3v) is 4.46. The topological polar surface area (TPSA) is 58.3 Å². The SMILES string of the molecule is Oc1cc2ccc(C#CCc3ccccc3)cc2c(O)c1Cn1ccnc1. The quantitative estimate of drug-likeness (QED) is 0.545. The second kappa shape index (κ2) is 7.27. The van der Waals surface area contributed by atoms with Gasteiger partial charge in [0, 0.05) is 29.8 Å². The Morgan fingerprint density at radius 3 is 2.63 bits per heavy atom. The van der Waals surface area contributed by atoms with E-state index in [4.69, 9.17) is 0 Å².